The summed E-state index contributed by atoms with van der Waals surface area (Å²) in [6, 6.07) is 10.4. The molecule has 7 rings (SSSR count). The molecule has 4 heterocycles. The van der Waals surface area contributed by atoms with E-state index in [9.17, 15) is 71.5 Å². The van der Waals surface area contributed by atoms with Crippen molar-refractivity contribution >= 4 is 29.0 Å². The molecule has 1 unspecified atom stereocenters. The molecule has 4 fully saturated rings. The lowest BCUT2D eigenvalue weighted by Gasteiger charge is -2.51. The topological polar surface area (TPSA) is 339 Å². The van der Waals surface area contributed by atoms with E-state index in [-0.39, 0.29) is 5.57 Å². The summed E-state index contributed by atoms with van der Waals surface area (Å²) in [7, 11) is 0. The Morgan fingerprint density at radius 2 is 1.00 bits per heavy atom. The number of ether oxygens (including phenoxy) is 6. The zero-order valence-electron chi connectivity index (χ0n) is 30.6. The summed E-state index contributed by atoms with van der Waals surface area (Å²) >= 11 is 5.07. The van der Waals surface area contributed by atoms with Crippen molar-refractivity contribution in [3.05, 3.63) is 53.6 Å². The Bertz CT molecular complexity index is 1760. The standard InChI is InChI=1S/C37H50O20S/c38-8-16-21(42)23(44)29(50)35(54-16)56-32-18(10-40)52-31(25(46)26(32)47)14-7-37(58,15-6-2-4-12-3-1-5-13(14)20(12)15)34-28(49)27(48)33(19(11-41)53-34)57-36-30(51)24(45)22(43)17(9-39)55-36/h1-7,16-19,21-36,38-51,58H,8-11H2/t16-,17-,18-,19-,21-,22-,23+,24+,25-,26-,27-,28-,29-,30-,31+,32-,33-,34-,35-,36-,37?/m1/s1. The number of thiol groups is 1. The SMILES string of the molecule is OC[C@H]1O[C@H](O[C@H]2[C@H](O)[C@@H](O)[C@H](C3(S)C=C([C@@H]4O[C@H](CO)[C@@H](O[C@H]5O[C@H](CO)[C@@H](O)[C@H](O)[C@H]5O)[C@H](O)[C@H]4O)c4cccc5cccc3c45)O[C@@H]2CO)[C@H](O)[C@@H](O)[C@@H]1O. The molecule has 0 amide bonds. The summed E-state index contributed by atoms with van der Waals surface area (Å²) in [5.74, 6) is 0. The highest BCUT2D eigenvalue weighted by Crippen LogP contribution is 2.52. The molecular formula is C37H50O20S. The fourth-order valence-electron chi connectivity index (χ4n) is 8.58. The molecule has 0 saturated carbocycles. The van der Waals surface area contributed by atoms with Gasteiger partial charge in [-0.2, -0.15) is 12.6 Å². The van der Waals surface area contributed by atoms with E-state index in [4.69, 9.17) is 41.0 Å². The van der Waals surface area contributed by atoms with Gasteiger partial charge in [-0.1, -0.05) is 42.5 Å². The molecule has 21 atom stereocenters. The highest BCUT2D eigenvalue weighted by atomic mass is 32.1. The molecular weight excluding hydrogens is 796 g/mol. The number of rotatable bonds is 10. The van der Waals surface area contributed by atoms with Crippen molar-refractivity contribution in [2.24, 2.45) is 0 Å². The Kier molecular flexibility index (Phi) is 13.2. The fourth-order valence-corrected chi connectivity index (χ4v) is 9.12. The first-order valence-electron chi connectivity index (χ1n) is 18.8. The zero-order valence-corrected chi connectivity index (χ0v) is 31.5. The number of hydrogen-bond donors (Lipinski definition) is 15. The maximum atomic E-state index is 11.8. The number of aliphatic hydroxyl groups excluding tert-OH is 14. The highest BCUT2D eigenvalue weighted by molar-refractivity contribution is 7.81. The van der Waals surface area contributed by atoms with Crippen molar-refractivity contribution in [3.63, 3.8) is 0 Å². The molecule has 21 heteroatoms. The Labute approximate surface area is 335 Å². The summed E-state index contributed by atoms with van der Waals surface area (Å²) in [6.07, 6.45) is -32.1. The normalized spacial score (nSPS) is 47.2. The van der Waals surface area contributed by atoms with Crippen LogP contribution in [-0.4, -0.2) is 220 Å². The van der Waals surface area contributed by atoms with Crippen LogP contribution in [0, 0.1) is 0 Å². The third-order valence-electron chi connectivity index (χ3n) is 11.8. The van der Waals surface area contributed by atoms with Crippen LogP contribution in [-0.2, 0) is 33.2 Å². The maximum Gasteiger partial charge on any atom is 0.187 e. The molecule has 4 aliphatic heterocycles. The number of aliphatic hydroxyl groups is 14. The van der Waals surface area contributed by atoms with Crippen molar-refractivity contribution in [2.75, 3.05) is 26.4 Å². The summed E-state index contributed by atoms with van der Waals surface area (Å²) in [5.41, 5.74) is 1.11. The Hall–Kier alpha value is -2.01. The van der Waals surface area contributed by atoms with Gasteiger partial charge in [0.15, 0.2) is 12.6 Å². The van der Waals surface area contributed by atoms with E-state index in [0.717, 1.165) is 0 Å². The molecule has 0 bridgehead atoms. The van der Waals surface area contributed by atoms with Gasteiger partial charge in [0.1, 0.15) is 110 Å². The van der Waals surface area contributed by atoms with Crippen LogP contribution in [0.1, 0.15) is 11.1 Å². The molecule has 20 nitrogen and oxygen atoms in total. The van der Waals surface area contributed by atoms with Gasteiger partial charge in [0.2, 0.25) is 0 Å². The number of hydrogen-bond acceptors (Lipinski definition) is 21. The molecule has 0 radical (unpaired) electrons. The lowest BCUT2D eigenvalue weighted by atomic mass is 9.73. The van der Waals surface area contributed by atoms with Crippen LogP contribution in [0.15, 0.2) is 42.5 Å². The van der Waals surface area contributed by atoms with Crippen LogP contribution < -0.4 is 0 Å². The molecule has 14 N–H and O–H groups in total. The largest absolute Gasteiger partial charge is 0.394 e. The van der Waals surface area contributed by atoms with Gasteiger partial charge in [0, 0.05) is 0 Å². The first-order chi connectivity index (χ1) is 27.6. The third-order valence-corrected chi connectivity index (χ3v) is 12.4. The van der Waals surface area contributed by atoms with Gasteiger partial charge in [-0.25, -0.2) is 0 Å². The maximum absolute atomic E-state index is 11.8. The second kappa shape index (κ2) is 17.4. The van der Waals surface area contributed by atoms with E-state index in [1.807, 2.05) is 0 Å². The second-order valence-electron chi connectivity index (χ2n) is 15.2. The number of benzene rings is 2. The van der Waals surface area contributed by atoms with E-state index in [2.05, 4.69) is 0 Å². The molecule has 4 saturated heterocycles. The van der Waals surface area contributed by atoms with Crippen molar-refractivity contribution in [1.29, 1.82) is 0 Å². The second-order valence-corrected chi connectivity index (χ2v) is 16.0. The van der Waals surface area contributed by atoms with Crippen LogP contribution in [0.4, 0.5) is 0 Å². The van der Waals surface area contributed by atoms with Crippen LogP contribution >= 0.6 is 12.6 Å². The van der Waals surface area contributed by atoms with Gasteiger partial charge in [-0.15, -0.1) is 0 Å². The van der Waals surface area contributed by atoms with Crippen molar-refractivity contribution in [1.82, 2.24) is 0 Å². The monoisotopic (exact) mass is 846 g/mol. The molecule has 1 aliphatic carbocycles. The first kappa shape index (κ1) is 44.1. The van der Waals surface area contributed by atoms with Crippen LogP contribution in [0.25, 0.3) is 16.3 Å². The Morgan fingerprint density at radius 3 is 1.52 bits per heavy atom. The van der Waals surface area contributed by atoms with Crippen LogP contribution in [0.2, 0.25) is 0 Å². The lowest BCUT2D eigenvalue weighted by molar-refractivity contribution is -0.343. The predicted molar refractivity (Wildman–Crippen MR) is 195 cm³/mol. The molecule has 324 valence electrons. The molecule has 58 heavy (non-hydrogen) atoms. The third kappa shape index (κ3) is 7.41. The van der Waals surface area contributed by atoms with E-state index in [1.165, 1.54) is 6.08 Å². The quantitative estimate of drug-likeness (QED) is 0.0989. The minimum absolute atomic E-state index is 0.182. The van der Waals surface area contributed by atoms with Crippen molar-refractivity contribution < 1.29 is 99.9 Å². The zero-order chi connectivity index (χ0) is 42.0. The minimum atomic E-state index is -1.89. The van der Waals surface area contributed by atoms with Gasteiger partial charge >= 0.3 is 0 Å². The van der Waals surface area contributed by atoms with E-state index in [1.54, 1.807) is 36.4 Å². The smallest absolute Gasteiger partial charge is 0.187 e. The lowest BCUT2D eigenvalue weighted by Crippen LogP contribution is -2.66. The summed E-state index contributed by atoms with van der Waals surface area (Å²) in [6.45, 7) is -3.17. The first-order valence-corrected chi connectivity index (χ1v) is 19.2. The minimum Gasteiger partial charge on any atom is -0.394 e. The average molecular weight is 847 g/mol. The van der Waals surface area contributed by atoms with Gasteiger partial charge in [0.05, 0.1) is 31.2 Å². The van der Waals surface area contributed by atoms with Crippen molar-refractivity contribution in [2.45, 2.75) is 127 Å². The van der Waals surface area contributed by atoms with Gasteiger partial charge < -0.3 is 99.9 Å². The van der Waals surface area contributed by atoms with E-state index >= 15 is 0 Å². The van der Waals surface area contributed by atoms with Crippen LogP contribution in [0.5, 0.6) is 0 Å². The van der Waals surface area contributed by atoms with Crippen LogP contribution in [0.3, 0.4) is 0 Å². The van der Waals surface area contributed by atoms with E-state index < -0.39 is 154 Å². The van der Waals surface area contributed by atoms with Gasteiger partial charge in [0.25, 0.3) is 0 Å². The summed E-state index contributed by atoms with van der Waals surface area (Å²) < 4.78 is 33.1. The summed E-state index contributed by atoms with van der Waals surface area (Å²) in [4.78, 5) is 0. The molecule has 2 aromatic carbocycles. The molecule has 5 aliphatic rings. The molecule has 2 aromatic rings. The summed E-state index contributed by atoms with van der Waals surface area (Å²) in [5, 5.41) is 150. The highest BCUT2D eigenvalue weighted by Gasteiger charge is 2.57. The predicted octanol–water partition coefficient (Wildman–Crippen LogP) is -6.30. The van der Waals surface area contributed by atoms with E-state index in [0.29, 0.717) is 21.9 Å². The molecule has 0 aromatic heterocycles. The fraction of sp³-hybridized carbons (Fsp3) is 0.676. The van der Waals surface area contributed by atoms with Gasteiger partial charge in [-0.05, 0) is 27.5 Å². The Balaban J connectivity index is 1.21. The Morgan fingerprint density at radius 1 is 0.517 bits per heavy atom. The molecule has 0 spiro atoms. The van der Waals surface area contributed by atoms with Gasteiger partial charge in [-0.3, -0.25) is 0 Å². The van der Waals surface area contributed by atoms with Crippen molar-refractivity contribution in [3.8, 4) is 0 Å². The average Bonchev–Trinajstić information content (AvgIpc) is 3.22.